The van der Waals surface area contributed by atoms with E-state index in [0.29, 0.717) is 6.04 Å². The highest BCUT2D eigenvalue weighted by Gasteiger charge is 2.30. The van der Waals surface area contributed by atoms with Crippen molar-refractivity contribution in [3.8, 4) is 22.1 Å². The lowest BCUT2D eigenvalue weighted by atomic mass is 10.2. The number of nitrogens with zero attached hydrogens (tertiary/aromatic N) is 2. The first-order chi connectivity index (χ1) is 11.1. The van der Waals surface area contributed by atoms with Crippen LogP contribution in [0.5, 0.6) is 11.5 Å². The van der Waals surface area contributed by atoms with Crippen molar-refractivity contribution in [1.82, 2.24) is 9.88 Å². The lowest BCUT2D eigenvalue weighted by molar-refractivity contribution is 0.224. The first-order valence-electron chi connectivity index (χ1n) is 7.99. The fourth-order valence-corrected chi connectivity index (χ4v) is 3.66. The van der Waals surface area contributed by atoms with Gasteiger partial charge in [0.25, 0.3) is 0 Å². The molecule has 4 nitrogen and oxygen atoms in total. The number of benzene rings is 1. The maximum atomic E-state index is 5.49. The highest BCUT2D eigenvalue weighted by Crippen LogP contribution is 2.37. The molecule has 0 aliphatic heterocycles. The monoisotopic (exact) mass is 332 g/mol. The van der Waals surface area contributed by atoms with Crippen molar-refractivity contribution < 1.29 is 9.47 Å². The van der Waals surface area contributed by atoms with Crippen LogP contribution < -0.4 is 9.47 Å². The molecule has 1 aliphatic carbocycles. The predicted molar refractivity (Wildman–Crippen MR) is 94.3 cm³/mol. The van der Waals surface area contributed by atoms with Crippen LogP contribution in [0.1, 0.15) is 25.5 Å². The predicted octanol–water partition coefficient (Wildman–Crippen LogP) is 4.06. The average molecular weight is 332 g/mol. The molecule has 5 heteroatoms. The molecule has 2 aromatic rings. The first-order valence-corrected chi connectivity index (χ1v) is 8.87. The van der Waals surface area contributed by atoms with Crippen molar-refractivity contribution in [3.63, 3.8) is 0 Å². The van der Waals surface area contributed by atoms with E-state index in [4.69, 9.17) is 14.5 Å². The van der Waals surface area contributed by atoms with E-state index >= 15 is 0 Å². The second-order valence-electron chi connectivity index (χ2n) is 6.20. The summed E-state index contributed by atoms with van der Waals surface area (Å²) < 4.78 is 10.7. The molecule has 0 spiro atoms. The number of hydrogen-bond acceptors (Lipinski definition) is 5. The molecule has 1 aliphatic rings. The average Bonchev–Trinajstić information content (AvgIpc) is 3.33. The van der Waals surface area contributed by atoms with Gasteiger partial charge in [-0.25, -0.2) is 4.98 Å². The Bertz CT molecular complexity index is 667. The Morgan fingerprint density at radius 1 is 1.30 bits per heavy atom. The lowest BCUT2D eigenvalue weighted by Crippen LogP contribution is -2.30. The van der Waals surface area contributed by atoms with Gasteiger partial charge in [-0.3, -0.25) is 4.90 Å². The van der Waals surface area contributed by atoms with Crippen molar-refractivity contribution in [2.75, 3.05) is 21.3 Å². The van der Waals surface area contributed by atoms with Crippen molar-refractivity contribution in [2.24, 2.45) is 5.92 Å². The number of aromatic nitrogens is 1. The summed E-state index contributed by atoms with van der Waals surface area (Å²) in [7, 11) is 5.53. The minimum Gasteiger partial charge on any atom is -0.497 e. The molecule has 0 radical (unpaired) electrons. The third-order valence-electron chi connectivity index (χ3n) is 4.60. The summed E-state index contributed by atoms with van der Waals surface area (Å²) in [5.41, 5.74) is 2.14. The molecule has 0 amide bonds. The molecule has 1 heterocycles. The van der Waals surface area contributed by atoms with Gasteiger partial charge >= 0.3 is 0 Å². The highest BCUT2D eigenvalue weighted by atomic mass is 32.1. The topological polar surface area (TPSA) is 34.6 Å². The Balaban J connectivity index is 1.76. The van der Waals surface area contributed by atoms with Gasteiger partial charge in [-0.05, 0) is 44.9 Å². The largest absolute Gasteiger partial charge is 0.497 e. The number of ether oxygens (including phenoxy) is 2. The van der Waals surface area contributed by atoms with Gasteiger partial charge in [0.2, 0.25) is 0 Å². The summed E-state index contributed by atoms with van der Waals surface area (Å²) in [5.74, 6) is 2.46. The molecule has 0 N–H and O–H groups in total. The summed E-state index contributed by atoms with van der Waals surface area (Å²) in [6, 6.07) is 6.49. The minimum atomic E-state index is 0.635. The second kappa shape index (κ2) is 6.89. The van der Waals surface area contributed by atoms with Crippen molar-refractivity contribution >= 4 is 11.3 Å². The van der Waals surface area contributed by atoms with Crippen LogP contribution in [0.15, 0.2) is 23.6 Å². The van der Waals surface area contributed by atoms with Crippen LogP contribution in [0, 0.1) is 5.92 Å². The maximum absolute atomic E-state index is 5.49. The van der Waals surface area contributed by atoms with E-state index in [1.165, 1.54) is 12.8 Å². The Hall–Kier alpha value is -1.59. The zero-order chi connectivity index (χ0) is 16.4. The summed E-state index contributed by atoms with van der Waals surface area (Å²) in [4.78, 5) is 7.21. The van der Waals surface area contributed by atoms with E-state index in [-0.39, 0.29) is 0 Å². The third-order valence-corrected chi connectivity index (χ3v) is 5.53. The molecule has 1 unspecified atom stereocenters. The molecule has 124 valence electrons. The van der Waals surface area contributed by atoms with Crippen LogP contribution in [0.3, 0.4) is 0 Å². The molecule has 23 heavy (non-hydrogen) atoms. The van der Waals surface area contributed by atoms with Gasteiger partial charge in [0.15, 0.2) is 0 Å². The van der Waals surface area contributed by atoms with E-state index in [1.807, 2.05) is 18.2 Å². The van der Waals surface area contributed by atoms with Crippen LogP contribution in [0.2, 0.25) is 0 Å². The third kappa shape index (κ3) is 3.67. The van der Waals surface area contributed by atoms with E-state index in [9.17, 15) is 0 Å². The summed E-state index contributed by atoms with van der Waals surface area (Å²) in [6.07, 6.45) is 2.74. The van der Waals surface area contributed by atoms with Gasteiger partial charge in [0.05, 0.1) is 25.5 Å². The summed E-state index contributed by atoms with van der Waals surface area (Å²) in [6.45, 7) is 3.21. The SMILES string of the molecule is COc1ccc(-c2nc(CN(C)C(C)C3CC3)cs2)c(OC)c1. The first kappa shape index (κ1) is 16.3. The van der Waals surface area contributed by atoms with Gasteiger partial charge in [-0.2, -0.15) is 0 Å². The van der Waals surface area contributed by atoms with E-state index in [2.05, 4.69) is 24.3 Å². The number of hydrogen-bond donors (Lipinski definition) is 0. The van der Waals surface area contributed by atoms with Crippen molar-refractivity contribution in [2.45, 2.75) is 32.4 Å². The Morgan fingerprint density at radius 2 is 2.09 bits per heavy atom. The normalized spacial score (nSPS) is 15.7. The van der Waals surface area contributed by atoms with Crippen molar-refractivity contribution in [1.29, 1.82) is 0 Å². The van der Waals surface area contributed by atoms with Gasteiger partial charge in [-0.15, -0.1) is 11.3 Å². The summed E-state index contributed by atoms with van der Waals surface area (Å²) in [5, 5.41) is 3.14. The molecule has 0 bridgehead atoms. The van der Waals surface area contributed by atoms with E-state index in [0.717, 1.165) is 40.2 Å². The quantitative estimate of drug-likeness (QED) is 0.766. The van der Waals surface area contributed by atoms with Crippen LogP contribution in [0.25, 0.3) is 10.6 Å². The van der Waals surface area contributed by atoms with Crippen LogP contribution >= 0.6 is 11.3 Å². The Kier molecular flexibility index (Phi) is 4.87. The number of methoxy groups -OCH3 is 2. The van der Waals surface area contributed by atoms with Crippen LogP contribution in [0.4, 0.5) is 0 Å². The Morgan fingerprint density at radius 3 is 2.74 bits per heavy atom. The second-order valence-corrected chi connectivity index (χ2v) is 7.06. The van der Waals surface area contributed by atoms with E-state index in [1.54, 1.807) is 25.6 Å². The molecule has 1 aromatic carbocycles. The fraction of sp³-hybridized carbons (Fsp3) is 0.500. The summed E-state index contributed by atoms with van der Waals surface area (Å²) >= 11 is 1.66. The Labute approximate surface area is 142 Å². The van der Waals surface area contributed by atoms with Gasteiger partial charge in [0.1, 0.15) is 16.5 Å². The van der Waals surface area contributed by atoms with Crippen LogP contribution in [-0.2, 0) is 6.54 Å². The fourth-order valence-electron chi connectivity index (χ4n) is 2.82. The van der Waals surface area contributed by atoms with Gasteiger partial charge in [0, 0.05) is 24.0 Å². The number of rotatable bonds is 7. The highest BCUT2D eigenvalue weighted by molar-refractivity contribution is 7.13. The smallest absolute Gasteiger partial charge is 0.132 e. The van der Waals surface area contributed by atoms with Gasteiger partial charge in [-0.1, -0.05) is 0 Å². The number of thiazole rings is 1. The van der Waals surface area contributed by atoms with E-state index < -0.39 is 0 Å². The maximum Gasteiger partial charge on any atom is 0.132 e. The molecule has 1 aromatic heterocycles. The molecule has 3 rings (SSSR count). The molecule has 1 fully saturated rings. The zero-order valence-corrected chi connectivity index (χ0v) is 15.0. The molecular formula is C18H24N2O2S. The molecular weight excluding hydrogens is 308 g/mol. The minimum absolute atomic E-state index is 0.635. The molecule has 0 saturated heterocycles. The van der Waals surface area contributed by atoms with Gasteiger partial charge < -0.3 is 9.47 Å². The molecule has 1 saturated carbocycles. The lowest BCUT2D eigenvalue weighted by Gasteiger charge is -2.23. The van der Waals surface area contributed by atoms with Crippen molar-refractivity contribution in [3.05, 3.63) is 29.3 Å². The van der Waals surface area contributed by atoms with Crippen LogP contribution in [-0.4, -0.2) is 37.2 Å². The zero-order valence-electron chi connectivity index (χ0n) is 14.2. The molecule has 1 atom stereocenters. The standard InChI is InChI=1S/C18H24N2O2S/c1-12(13-5-6-13)20(2)10-14-11-23-18(19-14)16-8-7-15(21-3)9-17(16)22-4/h7-9,11-13H,5-6,10H2,1-4H3.